The quantitative estimate of drug-likeness (QED) is 0.418. The lowest BCUT2D eigenvalue weighted by atomic mass is 10.0. The normalized spacial score (nSPS) is 15.2. The molecule has 0 spiro atoms. The van der Waals surface area contributed by atoms with Crippen molar-refractivity contribution in [2.24, 2.45) is 5.92 Å². The molecular formula is C8H14O. The van der Waals surface area contributed by atoms with Crippen molar-refractivity contribution in [1.29, 1.82) is 0 Å². The minimum atomic E-state index is 0.551. The third-order valence-electron chi connectivity index (χ3n) is 1.72. The summed E-state index contributed by atoms with van der Waals surface area (Å²) in [6.45, 7) is 6.23. The molecule has 0 radical (unpaired) electrons. The molecule has 0 saturated heterocycles. The summed E-state index contributed by atoms with van der Waals surface area (Å²) in [4.78, 5) is 9.96. The predicted molar refractivity (Wildman–Crippen MR) is 39.3 cm³/mol. The molecule has 0 amide bonds. The largest absolute Gasteiger partial charge is 0.299 e. The van der Waals surface area contributed by atoms with Gasteiger partial charge < -0.3 is 0 Å². The van der Waals surface area contributed by atoms with Gasteiger partial charge in [0, 0.05) is 0 Å². The molecule has 0 rings (SSSR count). The zero-order valence-electron chi connectivity index (χ0n) is 6.35. The van der Waals surface area contributed by atoms with Crippen LogP contribution in [-0.4, -0.2) is 6.29 Å². The zero-order chi connectivity index (χ0) is 7.28. The average molecular weight is 126 g/mol. The Bertz CT molecular complexity index is 114. The van der Waals surface area contributed by atoms with Crippen molar-refractivity contribution < 1.29 is 4.79 Å². The molecule has 0 aliphatic heterocycles. The van der Waals surface area contributed by atoms with E-state index in [9.17, 15) is 4.79 Å². The average Bonchev–Trinajstić information content (AvgIpc) is 1.87. The third kappa shape index (κ3) is 3.07. The Morgan fingerprint density at radius 1 is 1.67 bits per heavy atom. The number of hydrogen-bond donors (Lipinski definition) is 0. The van der Waals surface area contributed by atoms with Crippen molar-refractivity contribution in [3.8, 4) is 0 Å². The van der Waals surface area contributed by atoms with Crippen LogP contribution in [0.3, 0.4) is 0 Å². The summed E-state index contributed by atoms with van der Waals surface area (Å²) in [5, 5.41) is 0. The van der Waals surface area contributed by atoms with Gasteiger partial charge in [0.1, 0.15) is 6.29 Å². The Morgan fingerprint density at radius 3 is 2.56 bits per heavy atom. The fraction of sp³-hybridized carbons (Fsp3) is 0.625. The van der Waals surface area contributed by atoms with E-state index in [1.807, 2.05) is 6.92 Å². The first-order valence-electron chi connectivity index (χ1n) is 3.34. The number of aldehydes is 1. The molecule has 0 bridgehead atoms. The van der Waals surface area contributed by atoms with E-state index in [-0.39, 0.29) is 0 Å². The summed E-state index contributed by atoms with van der Waals surface area (Å²) in [6.07, 6.45) is 3.59. The fourth-order valence-corrected chi connectivity index (χ4v) is 0.594. The predicted octanol–water partition coefficient (Wildman–Crippen LogP) is 2.18. The zero-order valence-corrected chi connectivity index (χ0v) is 6.35. The number of allylic oxidation sites excluding steroid dienone is 2. The van der Waals surface area contributed by atoms with Crippen LogP contribution in [0.25, 0.3) is 0 Å². The van der Waals surface area contributed by atoms with Gasteiger partial charge in [-0.05, 0) is 25.3 Å². The van der Waals surface area contributed by atoms with Gasteiger partial charge in [-0.25, -0.2) is 0 Å². The molecule has 0 aromatic heterocycles. The summed E-state index contributed by atoms with van der Waals surface area (Å²) in [7, 11) is 0. The van der Waals surface area contributed by atoms with Crippen LogP contribution in [0, 0.1) is 5.92 Å². The van der Waals surface area contributed by atoms with Crippen LogP contribution in [0.4, 0.5) is 0 Å². The Labute approximate surface area is 56.8 Å². The van der Waals surface area contributed by atoms with E-state index in [2.05, 4.69) is 13.8 Å². The van der Waals surface area contributed by atoms with Gasteiger partial charge >= 0.3 is 0 Å². The van der Waals surface area contributed by atoms with Crippen LogP contribution >= 0.6 is 0 Å². The van der Waals surface area contributed by atoms with E-state index >= 15 is 0 Å². The van der Waals surface area contributed by atoms with Crippen molar-refractivity contribution in [1.82, 2.24) is 0 Å². The smallest absolute Gasteiger partial charge is 0.142 e. The van der Waals surface area contributed by atoms with Crippen molar-refractivity contribution in [3.05, 3.63) is 11.6 Å². The minimum Gasteiger partial charge on any atom is -0.299 e. The topological polar surface area (TPSA) is 17.1 Å². The summed E-state index contributed by atoms with van der Waals surface area (Å²) < 4.78 is 0. The molecular weight excluding hydrogens is 112 g/mol. The van der Waals surface area contributed by atoms with Gasteiger partial charge in [0.15, 0.2) is 0 Å². The summed E-state index contributed by atoms with van der Waals surface area (Å²) in [6, 6.07) is 0. The molecule has 1 atom stereocenters. The lowest BCUT2D eigenvalue weighted by Crippen LogP contribution is -1.93. The second-order valence-electron chi connectivity index (χ2n) is 2.36. The highest BCUT2D eigenvalue weighted by molar-refractivity contribution is 5.65. The lowest BCUT2D eigenvalue weighted by Gasteiger charge is -2.05. The molecule has 0 aliphatic carbocycles. The molecule has 1 nitrogen and oxygen atoms in total. The summed E-state index contributed by atoms with van der Waals surface area (Å²) >= 11 is 0. The van der Waals surface area contributed by atoms with E-state index in [4.69, 9.17) is 0 Å². The highest BCUT2D eigenvalue weighted by atomic mass is 16.1. The molecule has 0 heterocycles. The molecule has 0 aromatic carbocycles. The van der Waals surface area contributed by atoms with Crippen LogP contribution in [0.1, 0.15) is 27.2 Å². The van der Waals surface area contributed by atoms with E-state index in [0.717, 1.165) is 12.7 Å². The molecule has 0 saturated carbocycles. The standard InChI is InChI=1S/C8H14O/c1-4-7(2)8(3)5-6-9/h5-7H,4H2,1-3H3/b8-5-. The molecule has 0 fully saturated rings. The van der Waals surface area contributed by atoms with E-state index < -0.39 is 0 Å². The maximum atomic E-state index is 9.96. The van der Waals surface area contributed by atoms with Crippen LogP contribution in [0.2, 0.25) is 0 Å². The van der Waals surface area contributed by atoms with E-state index in [0.29, 0.717) is 5.92 Å². The third-order valence-corrected chi connectivity index (χ3v) is 1.72. The Balaban J connectivity index is 3.84. The van der Waals surface area contributed by atoms with Crippen molar-refractivity contribution >= 4 is 6.29 Å². The molecule has 52 valence electrons. The first-order chi connectivity index (χ1) is 4.22. The fourth-order valence-electron chi connectivity index (χ4n) is 0.594. The SMILES string of the molecule is CCC(C)/C(C)=C\C=O. The van der Waals surface area contributed by atoms with Gasteiger partial charge in [-0.1, -0.05) is 19.4 Å². The van der Waals surface area contributed by atoms with Gasteiger partial charge in [0.05, 0.1) is 0 Å². The number of carbonyl (C=O) groups excluding carboxylic acids is 1. The van der Waals surface area contributed by atoms with Gasteiger partial charge in [-0.3, -0.25) is 4.79 Å². The minimum absolute atomic E-state index is 0.551. The summed E-state index contributed by atoms with van der Waals surface area (Å²) in [5.41, 5.74) is 1.17. The highest BCUT2D eigenvalue weighted by Crippen LogP contribution is 2.11. The second-order valence-corrected chi connectivity index (χ2v) is 2.36. The molecule has 0 aliphatic rings. The highest BCUT2D eigenvalue weighted by Gasteiger charge is 1.98. The Hall–Kier alpha value is -0.590. The van der Waals surface area contributed by atoms with Crippen molar-refractivity contribution in [3.63, 3.8) is 0 Å². The molecule has 9 heavy (non-hydrogen) atoms. The van der Waals surface area contributed by atoms with Crippen LogP contribution in [-0.2, 0) is 4.79 Å². The number of rotatable bonds is 3. The Kier molecular flexibility index (Phi) is 4.02. The first kappa shape index (κ1) is 8.41. The molecule has 0 aromatic rings. The van der Waals surface area contributed by atoms with Crippen molar-refractivity contribution in [2.45, 2.75) is 27.2 Å². The lowest BCUT2D eigenvalue weighted by molar-refractivity contribution is -0.104. The number of hydrogen-bond acceptors (Lipinski definition) is 1. The molecule has 0 N–H and O–H groups in total. The van der Waals surface area contributed by atoms with Gasteiger partial charge in [-0.15, -0.1) is 0 Å². The van der Waals surface area contributed by atoms with Gasteiger partial charge in [-0.2, -0.15) is 0 Å². The van der Waals surface area contributed by atoms with E-state index in [1.54, 1.807) is 6.08 Å². The number of carbonyl (C=O) groups is 1. The van der Waals surface area contributed by atoms with Crippen LogP contribution < -0.4 is 0 Å². The van der Waals surface area contributed by atoms with Gasteiger partial charge in [0.25, 0.3) is 0 Å². The van der Waals surface area contributed by atoms with Gasteiger partial charge in [0.2, 0.25) is 0 Å². The summed E-state index contributed by atoms with van der Waals surface area (Å²) in [5.74, 6) is 0.551. The second kappa shape index (κ2) is 4.30. The molecule has 1 heteroatoms. The maximum Gasteiger partial charge on any atom is 0.142 e. The maximum absolute atomic E-state index is 9.96. The Morgan fingerprint density at radius 2 is 2.22 bits per heavy atom. The van der Waals surface area contributed by atoms with Crippen LogP contribution in [0.15, 0.2) is 11.6 Å². The van der Waals surface area contributed by atoms with Crippen molar-refractivity contribution in [2.75, 3.05) is 0 Å². The van der Waals surface area contributed by atoms with E-state index in [1.165, 1.54) is 5.57 Å². The molecule has 1 unspecified atom stereocenters. The first-order valence-corrected chi connectivity index (χ1v) is 3.34. The van der Waals surface area contributed by atoms with Crippen LogP contribution in [0.5, 0.6) is 0 Å². The monoisotopic (exact) mass is 126 g/mol.